The van der Waals surface area contributed by atoms with Gasteiger partial charge in [-0.25, -0.2) is 13.2 Å². The van der Waals surface area contributed by atoms with Crippen molar-refractivity contribution < 1.29 is 27.8 Å². The predicted octanol–water partition coefficient (Wildman–Crippen LogP) is 1.34. The van der Waals surface area contributed by atoms with Crippen LogP contribution in [-0.2, 0) is 4.79 Å². The number of aliphatic hydroxyl groups is 1. The Labute approximate surface area is 108 Å². The number of halogens is 3. The number of carbonyl (C=O) groups excluding carboxylic acids is 1. The minimum absolute atomic E-state index is 0.0117. The summed E-state index contributed by atoms with van der Waals surface area (Å²) in [5.74, 6) is -3.96. The molecule has 0 heterocycles. The van der Waals surface area contributed by atoms with E-state index < -0.39 is 30.8 Å². The number of benzene rings is 1. The summed E-state index contributed by atoms with van der Waals surface area (Å²) >= 11 is 0. The van der Waals surface area contributed by atoms with Gasteiger partial charge < -0.3 is 15.2 Å². The molecule has 0 unspecified atom stereocenters. The molecule has 0 aliphatic rings. The van der Waals surface area contributed by atoms with Gasteiger partial charge in [-0.05, 0) is 24.3 Å². The molecule has 7 heteroatoms. The Morgan fingerprint density at radius 1 is 1.32 bits per heavy atom. The number of alkyl halides is 2. The summed E-state index contributed by atoms with van der Waals surface area (Å²) in [6.07, 6.45) is -0.112. The van der Waals surface area contributed by atoms with E-state index in [-0.39, 0.29) is 13.0 Å². The molecule has 0 atom stereocenters. The maximum Gasteiger partial charge on any atom is 0.287 e. The molecule has 0 fully saturated rings. The first-order chi connectivity index (χ1) is 8.93. The largest absolute Gasteiger partial charge is 0.493 e. The zero-order valence-electron chi connectivity index (χ0n) is 10.0. The first-order valence-electron chi connectivity index (χ1n) is 5.57. The number of hydrogen-bond acceptors (Lipinski definition) is 3. The highest BCUT2D eigenvalue weighted by Crippen LogP contribution is 2.11. The topological polar surface area (TPSA) is 58.6 Å². The minimum atomic E-state index is -3.33. The maximum atomic E-state index is 12.6. The molecule has 19 heavy (non-hydrogen) atoms. The van der Waals surface area contributed by atoms with Crippen molar-refractivity contribution in [2.75, 3.05) is 19.8 Å². The van der Waals surface area contributed by atoms with Crippen LogP contribution in [0.5, 0.6) is 5.75 Å². The molecule has 1 rings (SSSR count). The van der Waals surface area contributed by atoms with Crippen LogP contribution in [0.4, 0.5) is 13.2 Å². The van der Waals surface area contributed by atoms with E-state index in [9.17, 15) is 18.0 Å². The summed E-state index contributed by atoms with van der Waals surface area (Å²) in [4.78, 5) is 11.2. The monoisotopic (exact) mass is 277 g/mol. The highest BCUT2D eigenvalue weighted by molar-refractivity contribution is 5.76. The van der Waals surface area contributed by atoms with Gasteiger partial charge in [0.15, 0.2) is 0 Å². The lowest BCUT2D eigenvalue weighted by Crippen LogP contribution is -2.39. The Bertz CT molecular complexity index is 409. The summed E-state index contributed by atoms with van der Waals surface area (Å²) in [7, 11) is 0. The van der Waals surface area contributed by atoms with Crippen molar-refractivity contribution in [1.29, 1.82) is 0 Å². The van der Waals surface area contributed by atoms with E-state index in [1.807, 2.05) is 5.32 Å². The lowest BCUT2D eigenvalue weighted by Gasteiger charge is -2.14. The SMILES string of the molecule is O=C(CCOc1ccc(F)cc1)NCC(F)(F)CO. The van der Waals surface area contributed by atoms with E-state index in [0.717, 1.165) is 0 Å². The molecule has 106 valence electrons. The van der Waals surface area contributed by atoms with Crippen molar-refractivity contribution in [1.82, 2.24) is 5.32 Å². The third-order valence-corrected chi connectivity index (χ3v) is 2.19. The Morgan fingerprint density at radius 3 is 2.53 bits per heavy atom. The highest BCUT2D eigenvalue weighted by Gasteiger charge is 2.27. The van der Waals surface area contributed by atoms with Gasteiger partial charge in [0, 0.05) is 0 Å². The van der Waals surface area contributed by atoms with E-state index in [0.29, 0.717) is 5.75 Å². The summed E-state index contributed by atoms with van der Waals surface area (Å²) in [5, 5.41) is 10.3. The second-order valence-corrected chi connectivity index (χ2v) is 3.84. The van der Waals surface area contributed by atoms with Crippen molar-refractivity contribution in [2.24, 2.45) is 0 Å². The third-order valence-electron chi connectivity index (χ3n) is 2.19. The molecule has 0 saturated carbocycles. The molecule has 0 aromatic heterocycles. The van der Waals surface area contributed by atoms with Crippen LogP contribution < -0.4 is 10.1 Å². The fraction of sp³-hybridized carbons (Fsp3) is 0.417. The predicted molar refractivity (Wildman–Crippen MR) is 61.6 cm³/mol. The second kappa shape index (κ2) is 6.98. The fourth-order valence-corrected chi connectivity index (χ4v) is 1.16. The molecular weight excluding hydrogens is 263 g/mol. The molecule has 2 N–H and O–H groups in total. The molecule has 0 spiro atoms. The number of aliphatic hydroxyl groups excluding tert-OH is 1. The number of rotatable bonds is 7. The maximum absolute atomic E-state index is 12.6. The molecule has 0 saturated heterocycles. The zero-order chi connectivity index (χ0) is 14.3. The molecule has 4 nitrogen and oxygen atoms in total. The quantitative estimate of drug-likeness (QED) is 0.790. The van der Waals surface area contributed by atoms with Crippen LogP contribution in [0.1, 0.15) is 6.42 Å². The zero-order valence-corrected chi connectivity index (χ0v) is 10.0. The van der Waals surface area contributed by atoms with Crippen molar-refractivity contribution in [2.45, 2.75) is 12.3 Å². The third kappa shape index (κ3) is 6.10. The highest BCUT2D eigenvalue weighted by atomic mass is 19.3. The number of amides is 1. The lowest BCUT2D eigenvalue weighted by atomic mass is 10.3. The van der Waals surface area contributed by atoms with Gasteiger partial charge in [0.25, 0.3) is 5.92 Å². The number of carbonyl (C=O) groups is 1. The van der Waals surface area contributed by atoms with Crippen LogP contribution in [0.25, 0.3) is 0 Å². The summed E-state index contributed by atoms with van der Waals surface area (Å²) in [6, 6.07) is 5.20. The molecule has 1 amide bonds. The van der Waals surface area contributed by atoms with Crippen LogP contribution in [0.2, 0.25) is 0 Å². The summed E-state index contributed by atoms with van der Waals surface area (Å²) in [5.41, 5.74) is 0. The van der Waals surface area contributed by atoms with Gasteiger partial charge in [-0.3, -0.25) is 4.79 Å². The van der Waals surface area contributed by atoms with E-state index in [1.54, 1.807) is 0 Å². The summed E-state index contributed by atoms with van der Waals surface area (Å²) < 4.78 is 42.9. The molecule has 0 aliphatic carbocycles. The van der Waals surface area contributed by atoms with Gasteiger partial charge in [-0.2, -0.15) is 0 Å². The first kappa shape index (κ1) is 15.3. The normalized spacial score (nSPS) is 11.2. The smallest absolute Gasteiger partial charge is 0.287 e. The fourth-order valence-electron chi connectivity index (χ4n) is 1.16. The number of ether oxygens (including phenoxy) is 1. The van der Waals surface area contributed by atoms with Crippen LogP contribution in [0.3, 0.4) is 0 Å². The average Bonchev–Trinajstić information content (AvgIpc) is 2.39. The molecule has 0 radical (unpaired) electrons. The Balaban J connectivity index is 2.22. The number of nitrogens with one attached hydrogen (secondary N) is 1. The van der Waals surface area contributed by atoms with Gasteiger partial charge >= 0.3 is 0 Å². The van der Waals surface area contributed by atoms with Crippen molar-refractivity contribution in [3.05, 3.63) is 30.1 Å². The van der Waals surface area contributed by atoms with Gasteiger partial charge in [-0.1, -0.05) is 0 Å². The lowest BCUT2D eigenvalue weighted by molar-refractivity contribution is -0.124. The van der Waals surface area contributed by atoms with E-state index in [2.05, 4.69) is 0 Å². The van der Waals surface area contributed by atoms with Crippen molar-refractivity contribution in [3.63, 3.8) is 0 Å². The summed E-state index contributed by atoms with van der Waals surface area (Å²) in [6.45, 7) is -2.25. The van der Waals surface area contributed by atoms with Gasteiger partial charge in [0.05, 0.1) is 19.6 Å². The minimum Gasteiger partial charge on any atom is -0.493 e. The van der Waals surface area contributed by atoms with E-state index in [1.165, 1.54) is 24.3 Å². The second-order valence-electron chi connectivity index (χ2n) is 3.84. The van der Waals surface area contributed by atoms with E-state index >= 15 is 0 Å². The van der Waals surface area contributed by atoms with Gasteiger partial charge in [0.1, 0.15) is 18.2 Å². The molecule has 0 aliphatic heterocycles. The van der Waals surface area contributed by atoms with Gasteiger partial charge in [-0.15, -0.1) is 0 Å². The molecule has 0 bridgehead atoms. The van der Waals surface area contributed by atoms with Crippen LogP contribution in [-0.4, -0.2) is 36.7 Å². The Hall–Kier alpha value is -1.76. The van der Waals surface area contributed by atoms with E-state index in [4.69, 9.17) is 9.84 Å². The standard InChI is InChI=1S/C12H14F3NO3/c13-9-1-3-10(4-2-9)19-6-5-11(18)16-7-12(14,15)8-17/h1-4,17H,5-8H2,(H,16,18). The molecule has 1 aromatic carbocycles. The average molecular weight is 277 g/mol. The van der Waals surface area contributed by atoms with Crippen molar-refractivity contribution in [3.8, 4) is 5.75 Å². The first-order valence-corrected chi connectivity index (χ1v) is 5.57. The van der Waals surface area contributed by atoms with Gasteiger partial charge in [0.2, 0.25) is 5.91 Å². The van der Waals surface area contributed by atoms with Crippen LogP contribution in [0.15, 0.2) is 24.3 Å². The Kier molecular flexibility index (Phi) is 5.62. The number of hydrogen-bond donors (Lipinski definition) is 2. The molecule has 1 aromatic rings. The Morgan fingerprint density at radius 2 is 1.95 bits per heavy atom. The van der Waals surface area contributed by atoms with Crippen LogP contribution in [0, 0.1) is 5.82 Å². The molecular formula is C12H14F3NO3. The van der Waals surface area contributed by atoms with Crippen LogP contribution >= 0.6 is 0 Å². The van der Waals surface area contributed by atoms with Crippen molar-refractivity contribution >= 4 is 5.91 Å².